The first-order valence-corrected chi connectivity index (χ1v) is 7.70. The van der Waals surface area contributed by atoms with Crippen LogP contribution in [-0.2, 0) is 0 Å². The molecule has 92 valence electrons. The van der Waals surface area contributed by atoms with Gasteiger partial charge in [0.2, 0.25) is 0 Å². The SMILES string of the molecule is S/C(=C(\S)c1ccc(Br)cc1)c1ccc(Br)cc1. The van der Waals surface area contributed by atoms with Gasteiger partial charge in [0.1, 0.15) is 0 Å². The Morgan fingerprint density at radius 3 is 1.17 bits per heavy atom. The molecule has 2 rings (SSSR count). The summed E-state index contributed by atoms with van der Waals surface area (Å²) >= 11 is 16.0. The van der Waals surface area contributed by atoms with Gasteiger partial charge < -0.3 is 0 Å². The predicted molar refractivity (Wildman–Crippen MR) is 93.1 cm³/mol. The third-order valence-electron chi connectivity index (χ3n) is 2.46. The molecule has 0 aromatic heterocycles. The fraction of sp³-hybridized carbons (Fsp3) is 0. The highest BCUT2D eigenvalue weighted by Crippen LogP contribution is 2.32. The molecule has 2 aromatic rings. The summed E-state index contributed by atoms with van der Waals surface area (Å²) < 4.78 is 2.11. The maximum atomic E-state index is 4.56. The summed E-state index contributed by atoms with van der Waals surface area (Å²) in [5.74, 6) is 0. The van der Waals surface area contributed by atoms with Crippen molar-refractivity contribution in [2.24, 2.45) is 0 Å². The van der Waals surface area contributed by atoms with Crippen molar-refractivity contribution in [3.05, 3.63) is 68.6 Å². The highest BCUT2D eigenvalue weighted by atomic mass is 79.9. The monoisotopic (exact) mass is 400 g/mol. The van der Waals surface area contributed by atoms with Gasteiger partial charge in [0.05, 0.1) is 0 Å². The molecule has 0 spiro atoms. The minimum Gasteiger partial charge on any atom is -0.142 e. The summed E-state index contributed by atoms with van der Waals surface area (Å²) in [6.07, 6.45) is 0. The zero-order valence-corrected chi connectivity index (χ0v) is 14.2. The third kappa shape index (κ3) is 3.44. The van der Waals surface area contributed by atoms with Crippen LogP contribution >= 0.6 is 57.1 Å². The zero-order valence-electron chi connectivity index (χ0n) is 9.27. The van der Waals surface area contributed by atoms with Gasteiger partial charge in [0.15, 0.2) is 0 Å². The standard InChI is InChI=1S/C14H10Br2S2/c15-11-5-1-9(2-6-11)13(17)14(18)10-3-7-12(16)8-4-10/h1-8,17-18H/b14-13-. The van der Waals surface area contributed by atoms with E-state index in [4.69, 9.17) is 0 Å². The van der Waals surface area contributed by atoms with E-state index in [0.717, 1.165) is 29.9 Å². The Kier molecular flexibility index (Phi) is 5.01. The molecule has 0 saturated carbocycles. The molecule has 0 nitrogen and oxygen atoms in total. The molecule has 0 amide bonds. The molecule has 0 radical (unpaired) electrons. The Balaban J connectivity index is 2.40. The van der Waals surface area contributed by atoms with Crippen molar-refractivity contribution in [3.63, 3.8) is 0 Å². The lowest BCUT2D eigenvalue weighted by Gasteiger charge is -2.07. The lowest BCUT2D eigenvalue weighted by Crippen LogP contribution is -1.82. The fourth-order valence-corrected chi connectivity index (χ4v) is 2.57. The van der Waals surface area contributed by atoms with Gasteiger partial charge in [-0.1, -0.05) is 56.1 Å². The predicted octanol–water partition coefficient (Wildman–Crippen LogP) is 5.90. The van der Waals surface area contributed by atoms with Crippen LogP contribution in [-0.4, -0.2) is 0 Å². The second-order valence-electron chi connectivity index (χ2n) is 3.71. The second-order valence-corrected chi connectivity index (χ2v) is 6.44. The molecule has 0 bridgehead atoms. The van der Waals surface area contributed by atoms with E-state index in [1.54, 1.807) is 0 Å². The molecule has 0 saturated heterocycles. The molecule has 2 aromatic carbocycles. The summed E-state index contributed by atoms with van der Waals surface area (Å²) in [4.78, 5) is 1.74. The van der Waals surface area contributed by atoms with E-state index in [1.807, 2.05) is 48.5 Å². The van der Waals surface area contributed by atoms with Crippen molar-refractivity contribution in [1.82, 2.24) is 0 Å². The minimum atomic E-state index is 0.869. The van der Waals surface area contributed by atoms with Crippen LogP contribution in [0.5, 0.6) is 0 Å². The van der Waals surface area contributed by atoms with Crippen LogP contribution in [0.1, 0.15) is 11.1 Å². The molecule has 0 aliphatic rings. The molecule has 0 heterocycles. The van der Waals surface area contributed by atoms with E-state index >= 15 is 0 Å². The number of thiol groups is 2. The van der Waals surface area contributed by atoms with Gasteiger partial charge >= 0.3 is 0 Å². The van der Waals surface area contributed by atoms with E-state index in [0.29, 0.717) is 0 Å². The Hall–Kier alpha value is -0.160. The largest absolute Gasteiger partial charge is 0.142 e. The van der Waals surface area contributed by atoms with Gasteiger partial charge in [-0.05, 0) is 35.4 Å². The van der Waals surface area contributed by atoms with Crippen LogP contribution in [0.3, 0.4) is 0 Å². The molecule has 0 atom stereocenters. The Bertz CT molecular complexity index is 518. The van der Waals surface area contributed by atoms with Gasteiger partial charge in [-0.3, -0.25) is 0 Å². The fourth-order valence-electron chi connectivity index (χ4n) is 1.49. The third-order valence-corrected chi connectivity index (χ3v) is 4.66. The first-order valence-electron chi connectivity index (χ1n) is 5.22. The quantitative estimate of drug-likeness (QED) is 0.454. The highest BCUT2D eigenvalue weighted by Gasteiger charge is 2.05. The van der Waals surface area contributed by atoms with Gasteiger partial charge in [-0.2, -0.15) is 0 Å². The van der Waals surface area contributed by atoms with E-state index in [1.165, 1.54) is 0 Å². The first-order chi connectivity index (χ1) is 8.58. The van der Waals surface area contributed by atoms with E-state index < -0.39 is 0 Å². The number of benzene rings is 2. The van der Waals surface area contributed by atoms with Crippen molar-refractivity contribution in [3.8, 4) is 0 Å². The molecule has 18 heavy (non-hydrogen) atoms. The minimum absolute atomic E-state index is 0.869. The average Bonchev–Trinajstić information content (AvgIpc) is 2.39. The molecular weight excluding hydrogens is 392 g/mol. The molecule has 4 heteroatoms. The maximum absolute atomic E-state index is 4.56. The molecule has 0 N–H and O–H groups in total. The van der Waals surface area contributed by atoms with Gasteiger partial charge in [-0.25, -0.2) is 0 Å². The number of halogens is 2. The lowest BCUT2D eigenvalue weighted by molar-refractivity contribution is 1.59. The highest BCUT2D eigenvalue weighted by molar-refractivity contribution is 9.10. The average molecular weight is 402 g/mol. The van der Waals surface area contributed by atoms with Crippen molar-refractivity contribution in [2.75, 3.05) is 0 Å². The van der Waals surface area contributed by atoms with E-state index in [9.17, 15) is 0 Å². The smallest absolute Gasteiger partial charge is 0.0253 e. The molecule has 0 unspecified atom stereocenters. The summed E-state index contributed by atoms with van der Waals surface area (Å²) in [6.45, 7) is 0. The molecule has 0 aliphatic heterocycles. The Labute approximate surface area is 135 Å². The zero-order chi connectivity index (χ0) is 13.1. The molecule has 0 fully saturated rings. The summed E-state index contributed by atoms with van der Waals surface area (Å²) in [5, 5.41) is 0. The van der Waals surface area contributed by atoms with Crippen molar-refractivity contribution >= 4 is 66.9 Å². The van der Waals surface area contributed by atoms with Crippen LogP contribution in [0, 0.1) is 0 Å². The van der Waals surface area contributed by atoms with Crippen molar-refractivity contribution in [2.45, 2.75) is 0 Å². The molecular formula is C14H10Br2S2. The van der Waals surface area contributed by atoms with Gasteiger partial charge in [0, 0.05) is 18.8 Å². The van der Waals surface area contributed by atoms with Crippen LogP contribution in [0.15, 0.2) is 57.5 Å². The second kappa shape index (κ2) is 6.33. The summed E-state index contributed by atoms with van der Waals surface area (Å²) in [5.41, 5.74) is 2.10. The number of hydrogen-bond acceptors (Lipinski definition) is 2. The normalized spacial score (nSPS) is 12.2. The Morgan fingerprint density at radius 1 is 0.611 bits per heavy atom. The van der Waals surface area contributed by atoms with Crippen molar-refractivity contribution in [1.29, 1.82) is 0 Å². The first kappa shape index (κ1) is 14.3. The van der Waals surface area contributed by atoms with Crippen LogP contribution < -0.4 is 0 Å². The van der Waals surface area contributed by atoms with Crippen molar-refractivity contribution < 1.29 is 0 Å². The van der Waals surface area contributed by atoms with Gasteiger partial charge in [-0.15, -0.1) is 25.3 Å². The summed E-state index contributed by atoms with van der Waals surface area (Å²) in [7, 11) is 0. The summed E-state index contributed by atoms with van der Waals surface area (Å²) in [6, 6.07) is 16.0. The van der Waals surface area contributed by atoms with E-state index in [-0.39, 0.29) is 0 Å². The van der Waals surface area contributed by atoms with Crippen LogP contribution in [0.25, 0.3) is 9.81 Å². The van der Waals surface area contributed by atoms with Crippen LogP contribution in [0.4, 0.5) is 0 Å². The van der Waals surface area contributed by atoms with Crippen LogP contribution in [0.2, 0.25) is 0 Å². The van der Waals surface area contributed by atoms with E-state index in [2.05, 4.69) is 57.1 Å². The molecule has 0 aliphatic carbocycles. The van der Waals surface area contributed by atoms with Gasteiger partial charge in [0.25, 0.3) is 0 Å². The topological polar surface area (TPSA) is 0 Å². The number of rotatable bonds is 2. The Morgan fingerprint density at radius 2 is 0.889 bits per heavy atom. The maximum Gasteiger partial charge on any atom is 0.0253 e. The number of hydrogen-bond donors (Lipinski definition) is 2. The lowest BCUT2D eigenvalue weighted by atomic mass is 10.1.